The number of carbonyl (C=O) groups is 1. The first-order chi connectivity index (χ1) is 10.6. The fraction of sp³-hybridized carbons (Fsp3) is 0.421. The maximum Gasteiger partial charge on any atom is 0.315 e. The fourth-order valence-corrected chi connectivity index (χ4v) is 2.37. The van der Waals surface area contributed by atoms with Crippen molar-refractivity contribution in [2.45, 2.75) is 51.6 Å². The molecule has 0 bridgehead atoms. The molecule has 3 heteroatoms. The van der Waals surface area contributed by atoms with E-state index < -0.39 is 0 Å². The monoisotopic (exact) mass is 300 g/mol. The zero-order valence-corrected chi connectivity index (χ0v) is 13.8. The average molecular weight is 300 g/mol. The van der Waals surface area contributed by atoms with E-state index in [0.29, 0.717) is 0 Å². The molecular formula is C19H28N2O. The number of nitrogens with one attached hydrogen (secondary N) is 2. The van der Waals surface area contributed by atoms with E-state index in [2.05, 4.69) is 61.9 Å². The van der Waals surface area contributed by atoms with Crippen LogP contribution in [0.4, 0.5) is 4.79 Å². The number of hydrogen-bond acceptors (Lipinski definition) is 1. The third-order valence-electron chi connectivity index (χ3n) is 3.60. The van der Waals surface area contributed by atoms with Crippen LogP contribution < -0.4 is 10.6 Å². The SMILES string of the molecule is C=CCC(CCC)NC(=O)NC(C=C)Cc1ccc(C)cc1. The molecule has 2 unspecified atom stereocenters. The van der Waals surface area contributed by atoms with Crippen molar-refractivity contribution in [3.05, 3.63) is 60.7 Å². The molecule has 2 N–H and O–H groups in total. The third-order valence-corrected chi connectivity index (χ3v) is 3.60. The first-order valence-electron chi connectivity index (χ1n) is 7.95. The Morgan fingerprint density at radius 3 is 2.45 bits per heavy atom. The maximum atomic E-state index is 12.1. The van der Waals surface area contributed by atoms with E-state index in [1.807, 2.05) is 6.08 Å². The molecule has 2 atom stereocenters. The Kier molecular flexibility index (Phi) is 8.05. The zero-order valence-electron chi connectivity index (χ0n) is 13.8. The minimum absolute atomic E-state index is 0.0753. The Bertz CT molecular complexity index is 479. The normalized spacial score (nSPS) is 13.0. The van der Waals surface area contributed by atoms with E-state index in [4.69, 9.17) is 0 Å². The van der Waals surface area contributed by atoms with Gasteiger partial charge in [-0.1, -0.05) is 55.3 Å². The molecule has 1 aromatic carbocycles. The fourth-order valence-electron chi connectivity index (χ4n) is 2.37. The Morgan fingerprint density at radius 1 is 1.23 bits per heavy atom. The summed E-state index contributed by atoms with van der Waals surface area (Å²) in [6.07, 6.45) is 7.15. The van der Waals surface area contributed by atoms with E-state index in [-0.39, 0.29) is 18.1 Å². The lowest BCUT2D eigenvalue weighted by atomic mass is 10.0. The van der Waals surface area contributed by atoms with Crippen LogP contribution in [0.5, 0.6) is 0 Å². The molecule has 0 aliphatic carbocycles. The van der Waals surface area contributed by atoms with Crippen molar-refractivity contribution in [3.63, 3.8) is 0 Å². The van der Waals surface area contributed by atoms with Crippen LogP contribution in [0.1, 0.15) is 37.3 Å². The van der Waals surface area contributed by atoms with Crippen molar-refractivity contribution in [1.82, 2.24) is 10.6 Å². The van der Waals surface area contributed by atoms with Crippen molar-refractivity contribution in [3.8, 4) is 0 Å². The molecule has 120 valence electrons. The van der Waals surface area contributed by atoms with Crippen LogP contribution in [0.2, 0.25) is 0 Å². The molecule has 2 amide bonds. The van der Waals surface area contributed by atoms with Crippen molar-refractivity contribution < 1.29 is 4.79 Å². The second-order valence-corrected chi connectivity index (χ2v) is 5.66. The summed E-state index contributed by atoms with van der Waals surface area (Å²) in [4.78, 5) is 12.1. The number of urea groups is 1. The topological polar surface area (TPSA) is 41.1 Å². The number of amides is 2. The third kappa shape index (κ3) is 6.61. The molecule has 0 aliphatic rings. The van der Waals surface area contributed by atoms with E-state index in [1.54, 1.807) is 6.08 Å². The van der Waals surface area contributed by atoms with E-state index in [0.717, 1.165) is 25.7 Å². The highest BCUT2D eigenvalue weighted by atomic mass is 16.2. The summed E-state index contributed by atoms with van der Waals surface area (Å²) in [6.45, 7) is 11.7. The summed E-state index contributed by atoms with van der Waals surface area (Å²) < 4.78 is 0. The minimum Gasteiger partial charge on any atom is -0.335 e. The van der Waals surface area contributed by atoms with Gasteiger partial charge in [-0.2, -0.15) is 0 Å². The highest BCUT2D eigenvalue weighted by molar-refractivity contribution is 5.74. The van der Waals surface area contributed by atoms with Crippen LogP contribution >= 0.6 is 0 Å². The standard InChI is InChI=1S/C19H28N2O/c1-5-8-18(9-6-2)21-19(22)20-17(7-3)14-16-12-10-15(4)11-13-16/h5,7,10-13,17-18H,1,3,6,8-9,14H2,2,4H3,(H2,20,21,22). The van der Waals surface area contributed by atoms with Gasteiger partial charge in [0.05, 0.1) is 6.04 Å². The molecule has 1 aromatic rings. The van der Waals surface area contributed by atoms with E-state index in [1.165, 1.54) is 11.1 Å². The van der Waals surface area contributed by atoms with Gasteiger partial charge in [0.2, 0.25) is 0 Å². The van der Waals surface area contributed by atoms with Gasteiger partial charge in [-0.05, 0) is 31.7 Å². The smallest absolute Gasteiger partial charge is 0.315 e. The first kappa shape index (κ1) is 18.0. The van der Waals surface area contributed by atoms with E-state index in [9.17, 15) is 4.79 Å². The van der Waals surface area contributed by atoms with Crippen LogP contribution in [0.25, 0.3) is 0 Å². The second kappa shape index (κ2) is 9.82. The minimum atomic E-state index is -0.141. The van der Waals surface area contributed by atoms with Crippen molar-refractivity contribution in [1.29, 1.82) is 0 Å². The summed E-state index contributed by atoms with van der Waals surface area (Å²) in [5.41, 5.74) is 2.42. The Morgan fingerprint density at radius 2 is 1.91 bits per heavy atom. The molecular weight excluding hydrogens is 272 g/mol. The van der Waals surface area contributed by atoms with Gasteiger partial charge >= 0.3 is 6.03 Å². The quantitative estimate of drug-likeness (QED) is 0.661. The van der Waals surface area contributed by atoms with Crippen LogP contribution in [-0.4, -0.2) is 18.1 Å². The largest absolute Gasteiger partial charge is 0.335 e. The Labute approximate surface area is 134 Å². The summed E-state index contributed by atoms with van der Waals surface area (Å²) in [5, 5.41) is 5.98. The number of hydrogen-bond donors (Lipinski definition) is 2. The van der Waals surface area contributed by atoms with Gasteiger partial charge in [-0.3, -0.25) is 0 Å². The van der Waals surface area contributed by atoms with Gasteiger partial charge in [0.1, 0.15) is 0 Å². The predicted octanol–water partition coefficient (Wildman–Crippen LogP) is 4.14. The van der Waals surface area contributed by atoms with Crippen molar-refractivity contribution in [2.24, 2.45) is 0 Å². The van der Waals surface area contributed by atoms with Crippen LogP contribution in [-0.2, 0) is 6.42 Å². The van der Waals surface area contributed by atoms with Gasteiger partial charge in [0.25, 0.3) is 0 Å². The van der Waals surface area contributed by atoms with Crippen LogP contribution in [0.15, 0.2) is 49.6 Å². The average Bonchev–Trinajstić information content (AvgIpc) is 2.49. The first-order valence-corrected chi connectivity index (χ1v) is 7.95. The van der Waals surface area contributed by atoms with Gasteiger partial charge in [-0.15, -0.1) is 13.2 Å². The molecule has 0 radical (unpaired) electrons. The number of aryl methyl sites for hydroxylation is 1. The molecule has 3 nitrogen and oxygen atoms in total. The molecule has 0 heterocycles. The lowest BCUT2D eigenvalue weighted by molar-refractivity contribution is 0.234. The number of carbonyl (C=O) groups excluding carboxylic acids is 1. The van der Waals surface area contributed by atoms with Crippen molar-refractivity contribution in [2.75, 3.05) is 0 Å². The van der Waals surface area contributed by atoms with Gasteiger partial charge in [0.15, 0.2) is 0 Å². The summed E-state index contributed by atoms with van der Waals surface area (Å²) in [6, 6.07) is 8.26. The summed E-state index contributed by atoms with van der Waals surface area (Å²) in [5.74, 6) is 0. The Hall–Kier alpha value is -2.03. The molecule has 0 aromatic heterocycles. The lowest BCUT2D eigenvalue weighted by Crippen LogP contribution is -2.46. The Balaban J connectivity index is 2.53. The lowest BCUT2D eigenvalue weighted by Gasteiger charge is -2.20. The zero-order chi connectivity index (χ0) is 16.4. The van der Waals surface area contributed by atoms with Crippen molar-refractivity contribution >= 4 is 6.03 Å². The molecule has 0 spiro atoms. The molecule has 0 saturated heterocycles. The number of rotatable bonds is 9. The summed E-state index contributed by atoms with van der Waals surface area (Å²) in [7, 11) is 0. The number of benzene rings is 1. The highest BCUT2D eigenvalue weighted by Gasteiger charge is 2.13. The molecule has 1 rings (SSSR count). The second-order valence-electron chi connectivity index (χ2n) is 5.66. The van der Waals surface area contributed by atoms with Gasteiger partial charge in [-0.25, -0.2) is 4.79 Å². The molecule has 0 aliphatic heterocycles. The predicted molar refractivity (Wildman–Crippen MR) is 94.0 cm³/mol. The summed E-state index contributed by atoms with van der Waals surface area (Å²) >= 11 is 0. The van der Waals surface area contributed by atoms with Crippen LogP contribution in [0.3, 0.4) is 0 Å². The van der Waals surface area contributed by atoms with Gasteiger partial charge < -0.3 is 10.6 Å². The highest BCUT2D eigenvalue weighted by Crippen LogP contribution is 2.07. The molecule has 22 heavy (non-hydrogen) atoms. The molecule has 0 saturated carbocycles. The van der Waals surface area contributed by atoms with Crippen LogP contribution in [0, 0.1) is 6.92 Å². The maximum absolute atomic E-state index is 12.1. The van der Waals surface area contributed by atoms with Gasteiger partial charge in [0, 0.05) is 6.04 Å². The molecule has 0 fully saturated rings. The van der Waals surface area contributed by atoms with E-state index >= 15 is 0 Å².